The number of esters is 2. The second kappa shape index (κ2) is 9.27. The Morgan fingerprint density at radius 3 is 2.04 bits per heavy atom. The van der Waals surface area contributed by atoms with Gasteiger partial charge in [-0.1, -0.05) is 15.9 Å². The fourth-order valence-electron chi connectivity index (χ4n) is 2.34. The van der Waals surface area contributed by atoms with Crippen LogP contribution in [0.15, 0.2) is 34.8 Å². The lowest BCUT2D eigenvalue weighted by atomic mass is 10.1. The van der Waals surface area contributed by atoms with E-state index in [2.05, 4.69) is 20.7 Å². The first kappa shape index (κ1) is 20.6. The number of methoxy groups -OCH3 is 4. The normalized spacial score (nSPS) is 10.1. The third-order valence-electron chi connectivity index (χ3n) is 3.70. The Morgan fingerprint density at radius 2 is 1.44 bits per heavy atom. The van der Waals surface area contributed by atoms with Crippen LogP contribution in [0.2, 0.25) is 0 Å². The van der Waals surface area contributed by atoms with Crippen LogP contribution < -0.4 is 18.9 Å². The predicted molar refractivity (Wildman–Crippen MR) is 101 cm³/mol. The lowest BCUT2D eigenvalue weighted by molar-refractivity contribution is -0.133. The Balaban J connectivity index is 2.20. The highest BCUT2D eigenvalue weighted by molar-refractivity contribution is 9.10. The van der Waals surface area contributed by atoms with Gasteiger partial charge in [-0.05, 0) is 35.9 Å². The number of hydrogen-bond donors (Lipinski definition) is 0. The van der Waals surface area contributed by atoms with E-state index in [0.29, 0.717) is 21.5 Å². The van der Waals surface area contributed by atoms with Crippen molar-refractivity contribution in [1.29, 1.82) is 0 Å². The summed E-state index contributed by atoms with van der Waals surface area (Å²) in [5.74, 6) is 0.474. The standard InChI is InChI=1S/C19H19BrO7/c1-23-15-7-11(19(22)26-4)5-6-14(15)27-18(21)9-12-8-16(24-2)17(25-3)10-13(12)20/h5-8,10H,9H2,1-4H3. The molecule has 0 aliphatic carbocycles. The van der Waals surface area contributed by atoms with E-state index in [1.165, 1.54) is 46.6 Å². The molecule has 27 heavy (non-hydrogen) atoms. The maximum Gasteiger partial charge on any atom is 0.337 e. The highest BCUT2D eigenvalue weighted by Crippen LogP contribution is 2.34. The molecular weight excluding hydrogens is 420 g/mol. The molecule has 0 heterocycles. The van der Waals surface area contributed by atoms with Crippen LogP contribution >= 0.6 is 15.9 Å². The zero-order chi connectivity index (χ0) is 20.0. The number of hydrogen-bond acceptors (Lipinski definition) is 7. The highest BCUT2D eigenvalue weighted by atomic mass is 79.9. The first-order valence-corrected chi connectivity index (χ1v) is 8.60. The molecule has 7 nitrogen and oxygen atoms in total. The second-order valence-corrected chi connectivity index (χ2v) is 6.16. The van der Waals surface area contributed by atoms with Gasteiger partial charge in [0.05, 0.1) is 40.4 Å². The van der Waals surface area contributed by atoms with Gasteiger partial charge < -0.3 is 23.7 Å². The molecule has 2 aromatic rings. The number of halogens is 1. The van der Waals surface area contributed by atoms with Crippen molar-refractivity contribution in [2.45, 2.75) is 6.42 Å². The van der Waals surface area contributed by atoms with Gasteiger partial charge in [0.2, 0.25) is 0 Å². The summed E-state index contributed by atoms with van der Waals surface area (Å²) in [6.07, 6.45) is -0.0111. The Bertz CT molecular complexity index is 848. The van der Waals surface area contributed by atoms with Crippen LogP contribution in [0.5, 0.6) is 23.0 Å². The van der Waals surface area contributed by atoms with Gasteiger partial charge in [0.25, 0.3) is 0 Å². The van der Waals surface area contributed by atoms with E-state index in [-0.39, 0.29) is 23.5 Å². The molecule has 0 fully saturated rings. The first-order valence-electron chi connectivity index (χ1n) is 7.80. The minimum atomic E-state index is -0.513. The van der Waals surface area contributed by atoms with Crippen molar-refractivity contribution >= 4 is 27.9 Å². The summed E-state index contributed by atoms with van der Waals surface area (Å²) in [4.78, 5) is 24.0. The van der Waals surface area contributed by atoms with E-state index in [0.717, 1.165) is 0 Å². The summed E-state index contributed by atoms with van der Waals surface area (Å²) in [6.45, 7) is 0. The molecule has 0 bridgehead atoms. The van der Waals surface area contributed by atoms with Crippen LogP contribution in [0.4, 0.5) is 0 Å². The van der Waals surface area contributed by atoms with Crippen LogP contribution in [-0.4, -0.2) is 40.4 Å². The summed E-state index contributed by atoms with van der Waals surface area (Å²) < 4.78 is 26.4. The molecule has 0 radical (unpaired) electrons. The van der Waals surface area contributed by atoms with E-state index < -0.39 is 11.9 Å². The molecule has 144 valence electrons. The van der Waals surface area contributed by atoms with Crippen LogP contribution in [0.1, 0.15) is 15.9 Å². The number of carbonyl (C=O) groups is 2. The average Bonchev–Trinajstić information content (AvgIpc) is 2.68. The summed E-state index contributed by atoms with van der Waals surface area (Å²) in [5, 5.41) is 0. The zero-order valence-electron chi connectivity index (χ0n) is 15.3. The van der Waals surface area contributed by atoms with Crippen molar-refractivity contribution in [3.05, 3.63) is 45.9 Å². The number of benzene rings is 2. The van der Waals surface area contributed by atoms with Crippen LogP contribution in [0.3, 0.4) is 0 Å². The number of ether oxygens (including phenoxy) is 5. The smallest absolute Gasteiger partial charge is 0.337 e. The topological polar surface area (TPSA) is 80.3 Å². The van der Waals surface area contributed by atoms with Crippen molar-refractivity contribution in [3.8, 4) is 23.0 Å². The Morgan fingerprint density at radius 1 is 0.852 bits per heavy atom. The Labute approximate surface area is 165 Å². The average molecular weight is 439 g/mol. The molecular formula is C19H19BrO7. The van der Waals surface area contributed by atoms with Gasteiger partial charge in [0.1, 0.15) is 0 Å². The van der Waals surface area contributed by atoms with E-state index >= 15 is 0 Å². The molecule has 0 aliphatic heterocycles. The van der Waals surface area contributed by atoms with E-state index in [1.54, 1.807) is 12.1 Å². The van der Waals surface area contributed by atoms with Crippen molar-refractivity contribution in [2.24, 2.45) is 0 Å². The largest absolute Gasteiger partial charge is 0.493 e. The van der Waals surface area contributed by atoms with Gasteiger partial charge in [-0.25, -0.2) is 4.79 Å². The third-order valence-corrected chi connectivity index (χ3v) is 4.43. The Hall–Kier alpha value is -2.74. The fourth-order valence-corrected chi connectivity index (χ4v) is 2.81. The molecule has 0 atom stereocenters. The van der Waals surface area contributed by atoms with Gasteiger partial charge in [-0.15, -0.1) is 0 Å². The lowest BCUT2D eigenvalue weighted by Crippen LogP contribution is -2.13. The second-order valence-electron chi connectivity index (χ2n) is 5.31. The van der Waals surface area contributed by atoms with Crippen molar-refractivity contribution in [3.63, 3.8) is 0 Å². The van der Waals surface area contributed by atoms with Gasteiger partial charge in [-0.3, -0.25) is 4.79 Å². The molecule has 0 spiro atoms. The Kier molecular flexibility index (Phi) is 7.06. The lowest BCUT2D eigenvalue weighted by Gasteiger charge is -2.13. The number of rotatable bonds is 7. The number of carbonyl (C=O) groups excluding carboxylic acids is 2. The summed E-state index contributed by atoms with van der Waals surface area (Å²) in [6, 6.07) is 7.83. The predicted octanol–water partition coefficient (Wildman–Crippen LogP) is 3.41. The van der Waals surface area contributed by atoms with Gasteiger partial charge in [0, 0.05) is 4.47 Å². The first-order chi connectivity index (χ1) is 12.9. The van der Waals surface area contributed by atoms with Gasteiger partial charge >= 0.3 is 11.9 Å². The molecule has 2 rings (SSSR count). The van der Waals surface area contributed by atoms with Crippen molar-refractivity contribution in [2.75, 3.05) is 28.4 Å². The van der Waals surface area contributed by atoms with Crippen LogP contribution in [-0.2, 0) is 16.0 Å². The van der Waals surface area contributed by atoms with Gasteiger partial charge in [0.15, 0.2) is 23.0 Å². The minimum absolute atomic E-state index is 0.0111. The van der Waals surface area contributed by atoms with E-state index in [4.69, 9.17) is 18.9 Å². The van der Waals surface area contributed by atoms with Crippen molar-refractivity contribution in [1.82, 2.24) is 0 Å². The van der Waals surface area contributed by atoms with E-state index in [9.17, 15) is 9.59 Å². The molecule has 0 amide bonds. The van der Waals surface area contributed by atoms with Crippen LogP contribution in [0, 0.1) is 0 Å². The molecule has 2 aromatic carbocycles. The molecule has 0 aliphatic rings. The zero-order valence-corrected chi connectivity index (χ0v) is 16.9. The minimum Gasteiger partial charge on any atom is -0.493 e. The third kappa shape index (κ3) is 4.91. The quantitative estimate of drug-likeness (QED) is 0.483. The highest BCUT2D eigenvalue weighted by Gasteiger charge is 2.17. The monoisotopic (exact) mass is 438 g/mol. The summed E-state index contributed by atoms with van der Waals surface area (Å²) in [5.41, 5.74) is 0.958. The molecule has 0 saturated heterocycles. The molecule has 0 unspecified atom stereocenters. The van der Waals surface area contributed by atoms with Crippen molar-refractivity contribution < 1.29 is 33.3 Å². The van der Waals surface area contributed by atoms with Gasteiger partial charge in [-0.2, -0.15) is 0 Å². The molecule has 0 aromatic heterocycles. The SMILES string of the molecule is COC(=O)c1ccc(OC(=O)Cc2cc(OC)c(OC)cc2Br)c(OC)c1. The molecule has 8 heteroatoms. The maximum absolute atomic E-state index is 12.4. The fraction of sp³-hybridized carbons (Fsp3) is 0.263. The van der Waals surface area contributed by atoms with Crippen LogP contribution in [0.25, 0.3) is 0 Å². The van der Waals surface area contributed by atoms with E-state index in [1.807, 2.05) is 0 Å². The molecule has 0 saturated carbocycles. The summed E-state index contributed by atoms with van der Waals surface area (Å²) in [7, 11) is 5.74. The molecule has 0 N–H and O–H groups in total. The summed E-state index contributed by atoms with van der Waals surface area (Å²) >= 11 is 3.41. The maximum atomic E-state index is 12.4.